The summed E-state index contributed by atoms with van der Waals surface area (Å²) in [5.41, 5.74) is 1.95. The standard InChI is InChI=1S/C19H20NO5PS/c1-13-5-4-6-14(9-13)10-16(12-25-26(22,23)24)20-19(21)18-11-15-7-2-3-8-17(15)27-18/h2-9,11,16H,10,12H2,1H3,(H,20,21)(H2,22,23,24)/p-2/t16-/m1/s1. The predicted molar refractivity (Wildman–Crippen MR) is 102 cm³/mol. The zero-order valence-electron chi connectivity index (χ0n) is 14.6. The van der Waals surface area contributed by atoms with Crippen molar-refractivity contribution in [1.82, 2.24) is 5.32 Å². The molecule has 3 rings (SSSR count). The van der Waals surface area contributed by atoms with Crippen LogP contribution in [0.2, 0.25) is 0 Å². The first kappa shape index (κ1) is 19.7. The Morgan fingerprint density at radius 3 is 2.67 bits per heavy atom. The molecule has 0 aliphatic heterocycles. The zero-order valence-corrected chi connectivity index (χ0v) is 16.3. The van der Waals surface area contributed by atoms with Crippen LogP contribution < -0.4 is 15.1 Å². The molecule has 1 heterocycles. The lowest BCUT2D eigenvalue weighted by Gasteiger charge is -2.31. The highest BCUT2D eigenvalue weighted by Crippen LogP contribution is 2.27. The van der Waals surface area contributed by atoms with Gasteiger partial charge in [-0.05, 0) is 36.4 Å². The molecule has 8 heteroatoms. The Morgan fingerprint density at radius 1 is 1.19 bits per heavy atom. The average molecular weight is 403 g/mol. The highest BCUT2D eigenvalue weighted by molar-refractivity contribution is 7.43. The highest BCUT2D eigenvalue weighted by Gasteiger charge is 2.17. The van der Waals surface area contributed by atoms with E-state index < -0.39 is 20.5 Å². The SMILES string of the molecule is Cc1cccc(C[C@H](COP(=O)([O-])[O-])NC(=O)c2cc3ccccc3s2)c1. The molecule has 142 valence electrons. The largest absolute Gasteiger partial charge is 0.790 e. The smallest absolute Gasteiger partial charge is 0.261 e. The topological polar surface area (TPSA) is 102 Å². The number of amides is 1. The van der Waals surface area contributed by atoms with Crippen molar-refractivity contribution in [3.8, 4) is 0 Å². The fourth-order valence-electron chi connectivity index (χ4n) is 2.81. The lowest BCUT2D eigenvalue weighted by molar-refractivity contribution is -0.342. The third kappa shape index (κ3) is 5.73. The van der Waals surface area contributed by atoms with Crippen LogP contribution in [0.15, 0.2) is 54.6 Å². The molecule has 0 unspecified atom stereocenters. The molecule has 0 spiro atoms. The number of phosphoric ester groups is 1. The second-order valence-corrected chi connectivity index (χ2v) is 8.49. The van der Waals surface area contributed by atoms with E-state index in [9.17, 15) is 19.1 Å². The van der Waals surface area contributed by atoms with E-state index in [2.05, 4.69) is 9.84 Å². The Balaban J connectivity index is 1.76. The summed E-state index contributed by atoms with van der Waals surface area (Å²) in [5, 5.41) is 3.74. The van der Waals surface area contributed by atoms with E-state index >= 15 is 0 Å². The summed E-state index contributed by atoms with van der Waals surface area (Å²) < 4.78 is 16.3. The summed E-state index contributed by atoms with van der Waals surface area (Å²) in [5.74, 6) is -0.330. The minimum absolute atomic E-state index is 0.330. The normalized spacial score (nSPS) is 12.9. The molecular weight excluding hydrogens is 385 g/mol. The molecular formula is C19H18NO5PS-2. The van der Waals surface area contributed by atoms with E-state index in [-0.39, 0.29) is 5.91 Å². The molecule has 6 nitrogen and oxygen atoms in total. The van der Waals surface area contributed by atoms with Crippen LogP contribution in [-0.4, -0.2) is 18.6 Å². The van der Waals surface area contributed by atoms with Gasteiger partial charge in [-0.2, -0.15) is 0 Å². The number of carbonyl (C=O) groups is 1. The Hall–Kier alpha value is -2.02. The van der Waals surface area contributed by atoms with Crippen LogP contribution >= 0.6 is 19.2 Å². The average Bonchev–Trinajstić information content (AvgIpc) is 3.03. The van der Waals surface area contributed by atoms with Gasteiger partial charge in [0.25, 0.3) is 5.91 Å². The van der Waals surface area contributed by atoms with Crippen molar-refractivity contribution in [2.24, 2.45) is 0 Å². The molecule has 0 radical (unpaired) electrons. The monoisotopic (exact) mass is 403 g/mol. The fraction of sp³-hybridized carbons (Fsp3) is 0.211. The van der Waals surface area contributed by atoms with Crippen LogP contribution in [0.5, 0.6) is 0 Å². The Bertz CT molecular complexity index is 963. The van der Waals surface area contributed by atoms with Gasteiger partial charge in [0.05, 0.1) is 25.3 Å². The van der Waals surface area contributed by atoms with Gasteiger partial charge in [-0.15, -0.1) is 11.3 Å². The van der Waals surface area contributed by atoms with Crippen molar-refractivity contribution in [2.75, 3.05) is 6.61 Å². The number of hydrogen-bond donors (Lipinski definition) is 1. The maximum absolute atomic E-state index is 12.6. The highest BCUT2D eigenvalue weighted by atomic mass is 32.1. The number of aryl methyl sites for hydroxylation is 1. The van der Waals surface area contributed by atoms with Crippen LogP contribution in [0.4, 0.5) is 0 Å². The summed E-state index contributed by atoms with van der Waals surface area (Å²) in [7, 11) is -5.12. The molecule has 3 aromatic rings. The molecule has 1 atom stereocenters. The second-order valence-electron chi connectivity index (χ2n) is 6.26. The molecule has 1 aromatic heterocycles. The van der Waals surface area contributed by atoms with Crippen molar-refractivity contribution < 1.29 is 23.7 Å². The second kappa shape index (κ2) is 8.33. The number of carbonyl (C=O) groups excluding carboxylic acids is 1. The van der Waals surface area contributed by atoms with Crippen LogP contribution in [0.3, 0.4) is 0 Å². The van der Waals surface area contributed by atoms with E-state index in [4.69, 9.17) is 0 Å². The summed E-state index contributed by atoms with van der Waals surface area (Å²) in [6.45, 7) is 1.53. The quantitative estimate of drug-likeness (QED) is 0.611. The Labute approximate surface area is 161 Å². The number of fused-ring (bicyclic) bond motifs is 1. The molecule has 0 bridgehead atoms. The fourth-order valence-corrected chi connectivity index (χ4v) is 4.14. The van der Waals surface area contributed by atoms with Crippen molar-refractivity contribution >= 4 is 35.2 Å². The van der Waals surface area contributed by atoms with Crippen molar-refractivity contribution in [3.05, 3.63) is 70.6 Å². The van der Waals surface area contributed by atoms with E-state index in [0.29, 0.717) is 11.3 Å². The van der Waals surface area contributed by atoms with Gasteiger partial charge in [0, 0.05) is 4.70 Å². The van der Waals surface area contributed by atoms with Crippen LogP contribution in [-0.2, 0) is 15.5 Å². The number of rotatable bonds is 7. The molecule has 0 saturated carbocycles. The van der Waals surface area contributed by atoms with Crippen molar-refractivity contribution in [3.63, 3.8) is 0 Å². The summed E-state index contributed by atoms with van der Waals surface area (Å²) in [4.78, 5) is 34.8. The zero-order chi connectivity index (χ0) is 19.4. The van der Waals surface area contributed by atoms with E-state index in [1.54, 1.807) is 6.07 Å². The molecule has 1 N–H and O–H groups in total. The number of nitrogens with one attached hydrogen (secondary N) is 1. The van der Waals surface area contributed by atoms with Crippen LogP contribution in [0.25, 0.3) is 10.1 Å². The van der Waals surface area contributed by atoms with E-state index in [1.165, 1.54) is 11.3 Å². The molecule has 2 aromatic carbocycles. The number of thiophene rings is 1. The third-order valence-corrected chi connectivity index (χ3v) is 5.56. The van der Waals surface area contributed by atoms with Gasteiger partial charge in [-0.3, -0.25) is 4.79 Å². The maximum Gasteiger partial charge on any atom is 0.261 e. The first-order valence-corrected chi connectivity index (χ1v) is 10.6. The first-order valence-electron chi connectivity index (χ1n) is 8.32. The van der Waals surface area contributed by atoms with Gasteiger partial charge >= 0.3 is 0 Å². The third-order valence-electron chi connectivity index (χ3n) is 3.98. The molecule has 0 saturated heterocycles. The molecule has 1 amide bonds. The molecule has 0 aliphatic carbocycles. The first-order chi connectivity index (χ1) is 12.8. The summed E-state index contributed by atoms with van der Waals surface area (Å²) in [6.07, 6.45) is 0.346. The minimum Gasteiger partial charge on any atom is -0.790 e. The van der Waals surface area contributed by atoms with Crippen molar-refractivity contribution in [2.45, 2.75) is 19.4 Å². The molecule has 0 fully saturated rings. The lowest BCUT2D eigenvalue weighted by atomic mass is 10.0. The van der Waals surface area contributed by atoms with E-state index in [0.717, 1.165) is 21.2 Å². The molecule has 27 heavy (non-hydrogen) atoms. The van der Waals surface area contributed by atoms with Gasteiger partial charge < -0.3 is 24.2 Å². The van der Waals surface area contributed by atoms with E-state index in [1.807, 2.05) is 55.5 Å². The Morgan fingerprint density at radius 2 is 1.96 bits per heavy atom. The van der Waals surface area contributed by atoms with Gasteiger partial charge in [0.1, 0.15) is 0 Å². The minimum atomic E-state index is -5.12. The number of phosphoric acid groups is 1. The number of hydrogen-bond acceptors (Lipinski definition) is 6. The maximum atomic E-state index is 12.6. The number of benzene rings is 2. The lowest BCUT2D eigenvalue weighted by Crippen LogP contribution is -2.40. The molecule has 0 aliphatic rings. The van der Waals surface area contributed by atoms with Crippen molar-refractivity contribution in [1.29, 1.82) is 0 Å². The Kier molecular flexibility index (Phi) is 6.09. The van der Waals surface area contributed by atoms with Gasteiger partial charge in [-0.25, -0.2) is 0 Å². The van der Waals surface area contributed by atoms with Crippen LogP contribution in [0.1, 0.15) is 20.8 Å². The summed E-state index contributed by atoms with van der Waals surface area (Å²) >= 11 is 1.35. The van der Waals surface area contributed by atoms with Gasteiger partial charge in [-0.1, -0.05) is 48.0 Å². The van der Waals surface area contributed by atoms with Gasteiger partial charge in [0.2, 0.25) is 0 Å². The van der Waals surface area contributed by atoms with Gasteiger partial charge in [0.15, 0.2) is 0 Å². The van der Waals surface area contributed by atoms with Crippen LogP contribution in [0, 0.1) is 6.92 Å². The predicted octanol–water partition coefficient (Wildman–Crippen LogP) is 2.40. The summed E-state index contributed by atoms with van der Waals surface area (Å²) in [6, 6.07) is 16.4.